The van der Waals surface area contributed by atoms with Gasteiger partial charge in [-0.3, -0.25) is 9.59 Å². The molecule has 6 nitrogen and oxygen atoms in total. The Labute approximate surface area is 190 Å². The van der Waals surface area contributed by atoms with Crippen molar-refractivity contribution < 1.29 is 19.1 Å². The van der Waals surface area contributed by atoms with Gasteiger partial charge in [-0.25, -0.2) is 4.79 Å². The summed E-state index contributed by atoms with van der Waals surface area (Å²) < 4.78 is 4.88. The number of ether oxygens (including phenoxy) is 1. The minimum Gasteiger partial charge on any atom is -0.467 e. The fourth-order valence-electron chi connectivity index (χ4n) is 3.42. The van der Waals surface area contributed by atoms with Gasteiger partial charge in [-0.15, -0.1) is 0 Å². The second-order valence-electron chi connectivity index (χ2n) is 9.17. The van der Waals surface area contributed by atoms with E-state index in [1.165, 1.54) is 7.11 Å². The van der Waals surface area contributed by atoms with Gasteiger partial charge < -0.3 is 15.4 Å². The maximum absolute atomic E-state index is 13.2. The number of methoxy groups -OCH3 is 1. The molecule has 0 saturated heterocycles. The lowest BCUT2D eigenvalue weighted by Crippen LogP contribution is -2.56. The van der Waals surface area contributed by atoms with Crippen LogP contribution in [0, 0.1) is 11.3 Å². The van der Waals surface area contributed by atoms with Crippen molar-refractivity contribution >= 4 is 17.8 Å². The average molecular weight is 439 g/mol. The molecule has 0 unspecified atom stereocenters. The Morgan fingerprint density at radius 1 is 0.812 bits per heavy atom. The standard InChI is InChI=1S/C26H34N2O4/c1-18(16-19-12-8-6-9-13-19)23(29)27-21(17-20-14-10-7-11-15-20)24(30)28-22(25(31)32-5)26(2,3)4/h6-15,18,21-22H,16-17H2,1-5H3,(H,27,29)(H,28,30)/t18-,21-,22+/m1/s1. The van der Waals surface area contributed by atoms with Crippen LogP contribution in [0.4, 0.5) is 0 Å². The molecule has 0 aliphatic rings. The third-order valence-electron chi connectivity index (χ3n) is 5.34. The number of esters is 1. The Morgan fingerprint density at radius 2 is 1.31 bits per heavy atom. The van der Waals surface area contributed by atoms with Gasteiger partial charge in [0, 0.05) is 12.3 Å². The molecule has 32 heavy (non-hydrogen) atoms. The molecule has 2 aromatic carbocycles. The lowest BCUT2D eigenvalue weighted by molar-refractivity contribution is -0.148. The molecular weight excluding hydrogens is 404 g/mol. The second kappa shape index (κ2) is 11.5. The average Bonchev–Trinajstić information content (AvgIpc) is 2.76. The first-order valence-electron chi connectivity index (χ1n) is 10.9. The summed E-state index contributed by atoms with van der Waals surface area (Å²) in [4.78, 5) is 38.4. The molecule has 2 aromatic rings. The van der Waals surface area contributed by atoms with E-state index in [2.05, 4.69) is 10.6 Å². The van der Waals surface area contributed by atoms with Crippen LogP contribution in [0.2, 0.25) is 0 Å². The number of nitrogens with one attached hydrogen (secondary N) is 2. The Hall–Kier alpha value is -3.15. The fourth-order valence-corrected chi connectivity index (χ4v) is 3.42. The Bertz CT molecular complexity index is 891. The number of benzene rings is 2. The summed E-state index contributed by atoms with van der Waals surface area (Å²) in [5, 5.41) is 5.69. The Balaban J connectivity index is 2.18. The van der Waals surface area contributed by atoms with Gasteiger partial charge in [-0.2, -0.15) is 0 Å². The zero-order valence-corrected chi connectivity index (χ0v) is 19.6. The van der Waals surface area contributed by atoms with Gasteiger partial charge in [0.05, 0.1) is 7.11 Å². The summed E-state index contributed by atoms with van der Waals surface area (Å²) in [7, 11) is 1.29. The van der Waals surface area contributed by atoms with E-state index < -0.39 is 29.4 Å². The van der Waals surface area contributed by atoms with E-state index in [1.54, 1.807) is 0 Å². The predicted molar refractivity (Wildman–Crippen MR) is 125 cm³/mol. The number of carbonyl (C=O) groups is 3. The highest BCUT2D eigenvalue weighted by Gasteiger charge is 2.36. The van der Waals surface area contributed by atoms with Gasteiger partial charge in [-0.1, -0.05) is 88.4 Å². The van der Waals surface area contributed by atoms with Crippen molar-refractivity contribution in [3.05, 3.63) is 71.8 Å². The third-order valence-corrected chi connectivity index (χ3v) is 5.34. The smallest absolute Gasteiger partial charge is 0.328 e. The number of rotatable bonds is 9. The third kappa shape index (κ3) is 7.52. The Kier molecular flexibility index (Phi) is 9.00. The van der Waals surface area contributed by atoms with E-state index in [0.717, 1.165) is 11.1 Å². The lowest BCUT2D eigenvalue weighted by atomic mass is 9.86. The van der Waals surface area contributed by atoms with E-state index >= 15 is 0 Å². The highest BCUT2D eigenvalue weighted by molar-refractivity contribution is 5.91. The quantitative estimate of drug-likeness (QED) is 0.589. The summed E-state index contributed by atoms with van der Waals surface area (Å²) in [6.07, 6.45) is 0.883. The number of hydrogen-bond donors (Lipinski definition) is 2. The SMILES string of the molecule is COC(=O)[C@H](NC(=O)[C@@H](Cc1ccccc1)NC(=O)[C@H](C)Cc1ccccc1)C(C)(C)C. The summed E-state index contributed by atoms with van der Waals surface area (Å²) in [5.74, 6) is -1.47. The van der Waals surface area contributed by atoms with Crippen LogP contribution in [0.1, 0.15) is 38.8 Å². The molecule has 0 aliphatic carbocycles. The van der Waals surface area contributed by atoms with Crippen molar-refractivity contribution in [2.45, 2.75) is 52.6 Å². The van der Waals surface area contributed by atoms with Crippen molar-refractivity contribution in [2.24, 2.45) is 11.3 Å². The van der Waals surface area contributed by atoms with Gasteiger partial charge in [0.2, 0.25) is 11.8 Å². The number of hydrogen-bond acceptors (Lipinski definition) is 4. The van der Waals surface area contributed by atoms with Crippen LogP contribution in [-0.4, -0.2) is 37.0 Å². The molecule has 0 bridgehead atoms. The Morgan fingerprint density at radius 3 is 1.78 bits per heavy atom. The fraction of sp³-hybridized carbons (Fsp3) is 0.423. The minimum atomic E-state index is -0.836. The van der Waals surface area contributed by atoms with Crippen molar-refractivity contribution in [1.82, 2.24) is 10.6 Å². The highest BCUT2D eigenvalue weighted by atomic mass is 16.5. The van der Waals surface area contributed by atoms with E-state index in [-0.39, 0.29) is 11.8 Å². The molecule has 0 heterocycles. The summed E-state index contributed by atoms with van der Waals surface area (Å²) in [5.41, 5.74) is 1.41. The maximum atomic E-state index is 13.2. The van der Waals surface area contributed by atoms with Crippen molar-refractivity contribution in [3.63, 3.8) is 0 Å². The summed E-state index contributed by atoms with van der Waals surface area (Å²) >= 11 is 0. The first-order valence-corrected chi connectivity index (χ1v) is 10.9. The molecule has 3 atom stereocenters. The number of amides is 2. The normalized spacial score (nSPS) is 14.0. The maximum Gasteiger partial charge on any atom is 0.328 e. The largest absolute Gasteiger partial charge is 0.467 e. The van der Waals surface area contributed by atoms with Crippen LogP contribution >= 0.6 is 0 Å². The first-order chi connectivity index (χ1) is 15.1. The number of carbonyl (C=O) groups excluding carboxylic acids is 3. The topological polar surface area (TPSA) is 84.5 Å². The molecule has 0 fully saturated rings. The monoisotopic (exact) mass is 438 g/mol. The first kappa shape index (κ1) is 25.1. The van der Waals surface area contributed by atoms with Crippen LogP contribution in [0.3, 0.4) is 0 Å². The van der Waals surface area contributed by atoms with E-state index in [1.807, 2.05) is 88.4 Å². The second-order valence-corrected chi connectivity index (χ2v) is 9.17. The van der Waals surface area contributed by atoms with Gasteiger partial charge in [0.25, 0.3) is 0 Å². The van der Waals surface area contributed by atoms with E-state index in [9.17, 15) is 14.4 Å². The van der Waals surface area contributed by atoms with Gasteiger partial charge >= 0.3 is 5.97 Å². The highest BCUT2D eigenvalue weighted by Crippen LogP contribution is 2.21. The molecular formula is C26H34N2O4. The van der Waals surface area contributed by atoms with E-state index in [4.69, 9.17) is 4.74 Å². The zero-order chi connectivity index (χ0) is 23.7. The molecule has 0 aliphatic heterocycles. The van der Waals surface area contributed by atoms with Crippen LogP contribution in [0.5, 0.6) is 0 Å². The van der Waals surface area contributed by atoms with Crippen molar-refractivity contribution in [1.29, 1.82) is 0 Å². The van der Waals surface area contributed by atoms with Crippen molar-refractivity contribution in [3.8, 4) is 0 Å². The molecule has 2 rings (SSSR count). The predicted octanol–water partition coefficient (Wildman–Crippen LogP) is 3.30. The van der Waals surface area contributed by atoms with E-state index in [0.29, 0.717) is 12.8 Å². The molecule has 0 radical (unpaired) electrons. The summed E-state index contributed by atoms with van der Waals surface area (Å²) in [6.45, 7) is 7.39. The molecule has 172 valence electrons. The lowest BCUT2D eigenvalue weighted by Gasteiger charge is -2.31. The molecule has 0 saturated carbocycles. The molecule has 0 spiro atoms. The zero-order valence-electron chi connectivity index (χ0n) is 19.6. The van der Waals surface area contributed by atoms with Gasteiger partial charge in [0.1, 0.15) is 12.1 Å². The molecule has 6 heteroatoms. The molecule has 0 aromatic heterocycles. The van der Waals surface area contributed by atoms with Crippen LogP contribution < -0.4 is 10.6 Å². The molecule has 2 N–H and O–H groups in total. The molecule has 2 amide bonds. The minimum absolute atomic E-state index is 0.213. The van der Waals surface area contributed by atoms with Gasteiger partial charge in [0.15, 0.2) is 0 Å². The van der Waals surface area contributed by atoms with Crippen molar-refractivity contribution in [2.75, 3.05) is 7.11 Å². The van der Waals surface area contributed by atoms with Crippen LogP contribution in [0.15, 0.2) is 60.7 Å². The van der Waals surface area contributed by atoms with Crippen LogP contribution in [0.25, 0.3) is 0 Å². The van der Waals surface area contributed by atoms with Gasteiger partial charge in [-0.05, 0) is 23.0 Å². The van der Waals surface area contributed by atoms with Crippen LogP contribution in [-0.2, 0) is 32.0 Å². The summed E-state index contributed by atoms with van der Waals surface area (Å²) in [6, 6.07) is 17.6.